The molecule has 1 N–H and O–H groups in total. The van der Waals surface area contributed by atoms with Gasteiger partial charge in [-0.05, 0) is 79.4 Å². The van der Waals surface area contributed by atoms with Gasteiger partial charge in [-0.25, -0.2) is 4.79 Å². The van der Waals surface area contributed by atoms with Gasteiger partial charge in [-0.15, -0.1) is 4.68 Å². The molecule has 0 radical (unpaired) electrons. The van der Waals surface area contributed by atoms with Crippen LogP contribution in [0.25, 0.3) is 10.9 Å². The van der Waals surface area contributed by atoms with Gasteiger partial charge in [0.25, 0.3) is 5.56 Å². The Hall–Kier alpha value is -2.68. The molecule has 4 aromatic rings. The lowest BCUT2D eigenvalue weighted by atomic mass is 10.2. The maximum absolute atomic E-state index is 12.6. The lowest BCUT2D eigenvalue weighted by Crippen LogP contribution is -2.32. The first-order valence-electron chi connectivity index (χ1n) is 9.07. The molecular formula is C22H14Br2ClN3O3. The molecule has 0 spiro atoms. The third-order valence-corrected chi connectivity index (χ3v) is 5.85. The highest BCUT2D eigenvalue weighted by molar-refractivity contribution is 9.11. The number of aromatic nitrogens is 2. The second-order valence-electron chi connectivity index (χ2n) is 6.57. The maximum Gasteiger partial charge on any atom is 0.349 e. The average molecular weight is 564 g/mol. The number of aromatic amines is 1. The molecule has 0 bridgehead atoms. The first-order valence-corrected chi connectivity index (χ1v) is 11.0. The zero-order valence-corrected chi connectivity index (χ0v) is 19.7. The van der Waals surface area contributed by atoms with Gasteiger partial charge in [-0.1, -0.05) is 35.9 Å². The van der Waals surface area contributed by atoms with Crippen molar-refractivity contribution < 1.29 is 4.74 Å². The minimum absolute atomic E-state index is 0.365. The van der Waals surface area contributed by atoms with Crippen molar-refractivity contribution in [2.24, 2.45) is 5.10 Å². The Morgan fingerprint density at radius 1 is 1.03 bits per heavy atom. The molecule has 0 saturated carbocycles. The second kappa shape index (κ2) is 9.21. The summed E-state index contributed by atoms with van der Waals surface area (Å²) in [6, 6.07) is 17.7. The van der Waals surface area contributed by atoms with E-state index in [9.17, 15) is 9.59 Å². The van der Waals surface area contributed by atoms with E-state index in [0.29, 0.717) is 42.8 Å². The number of hydrogen-bond acceptors (Lipinski definition) is 4. The van der Waals surface area contributed by atoms with Gasteiger partial charge in [0, 0.05) is 5.02 Å². The number of ether oxygens (including phenoxy) is 1. The summed E-state index contributed by atoms with van der Waals surface area (Å²) in [6.45, 7) is 0.365. The zero-order chi connectivity index (χ0) is 22.0. The Bertz CT molecular complexity index is 1390. The fourth-order valence-corrected chi connectivity index (χ4v) is 4.49. The topological polar surface area (TPSA) is 76.5 Å². The Morgan fingerprint density at radius 3 is 2.42 bits per heavy atom. The number of fused-ring (bicyclic) bond motifs is 1. The van der Waals surface area contributed by atoms with E-state index in [4.69, 9.17) is 16.3 Å². The van der Waals surface area contributed by atoms with Crippen LogP contribution in [-0.4, -0.2) is 15.9 Å². The molecule has 0 aliphatic heterocycles. The van der Waals surface area contributed by atoms with Crippen molar-refractivity contribution in [3.63, 3.8) is 0 Å². The van der Waals surface area contributed by atoms with Gasteiger partial charge in [-0.3, -0.25) is 4.79 Å². The normalized spacial score (nSPS) is 11.3. The van der Waals surface area contributed by atoms with Crippen molar-refractivity contribution in [1.29, 1.82) is 0 Å². The minimum Gasteiger partial charge on any atom is -0.487 e. The standard InChI is InChI=1S/C22H14Br2ClN3O3/c23-17-9-14(10-18(24)20(17)31-12-13-5-7-15(25)8-6-13)11-26-28-21(29)16-3-1-2-4-19(16)27-22(28)30/h1-11H,12H2,(H,27,30). The van der Waals surface area contributed by atoms with Gasteiger partial charge in [0.1, 0.15) is 12.4 Å². The summed E-state index contributed by atoms with van der Waals surface area (Å²) >= 11 is 12.9. The molecule has 156 valence electrons. The molecule has 0 atom stereocenters. The fourth-order valence-electron chi connectivity index (χ4n) is 2.91. The Balaban J connectivity index is 1.59. The van der Waals surface area contributed by atoms with E-state index in [1.807, 2.05) is 12.1 Å². The van der Waals surface area contributed by atoms with Crippen LogP contribution in [0.15, 0.2) is 84.3 Å². The van der Waals surface area contributed by atoms with Crippen LogP contribution in [0.5, 0.6) is 5.75 Å². The van der Waals surface area contributed by atoms with E-state index >= 15 is 0 Å². The first-order chi connectivity index (χ1) is 14.9. The first kappa shape index (κ1) is 21.5. The lowest BCUT2D eigenvalue weighted by Gasteiger charge is -2.11. The summed E-state index contributed by atoms with van der Waals surface area (Å²) < 4.78 is 8.09. The number of halogens is 3. The van der Waals surface area contributed by atoms with E-state index in [2.05, 4.69) is 41.9 Å². The van der Waals surface area contributed by atoms with Gasteiger partial charge in [0.15, 0.2) is 0 Å². The predicted molar refractivity (Wildman–Crippen MR) is 129 cm³/mol. The van der Waals surface area contributed by atoms with E-state index in [1.54, 1.807) is 48.5 Å². The van der Waals surface area contributed by atoms with Gasteiger partial charge in [0.05, 0.1) is 26.1 Å². The Morgan fingerprint density at radius 2 is 1.71 bits per heavy atom. The molecule has 1 heterocycles. The second-order valence-corrected chi connectivity index (χ2v) is 8.71. The number of H-pyrrole nitrogens is 1. The van der Waals surface area contributed by atoms with Crippen LogP contribution >= 0.6 is 43.5 Å². The monoisotopic (exact) mass is 561 g/mol. The Kier molecular flexibility index (Phi) is 6.41. The minimum atomic E-state index is -0.610. The molecule has 0 amide bonds. The summed E-state index contributed by atoms with van der Waals surface area (Å²) in [5.74, 6) is 0.618. The summed E-state index contributed by atoms with van der Waals surface area (Å²) in [7, 11) is 0. The Labute approximate surface area is 198 Å². The lowest BCUT2D eigenvalue weighted by molar-refractivity contribution is 0.302. The van der Waals surface area contributed by atoms with Crippen LogP contribution in [0.2, 0.25) is 5.02 Å². The molecule has 1 aromatic heterocycles. The third kappa shape index (κ3) is 4.81. The molecule has 0 aliphatic rings. The van der Waals surface area contributed by atoms with E-state index < -0.39 is 11.2 Å². The largest absolute Gasteiger partial charge is 0.487 e. The van der Waals surface area contributed by atoms with Crippen molar-refractivity contribution in [3.05, 3.63) is 107 Å². The molecule has 0 fully saturated rings. The highest BCUT2D eigenvalue weighted by Crippen LogP contribution is 2.35. The predicted octanol–water partition coefficient (Wildman–Crippen LogP) is 5.33. The molecule has 0 aliphatic carbocycles. The summed E-state index contributed by atoms with van der Waals surface area (Å²) in [5.41, 5.74) is 1.01. The van der Waals surface area contributed by atoms with E-state index in [1.165, 1.54) is 6.21 Å². The van der Waals surface area contributed by atoms with Crippen LogP contribution in [0, 0.1) is 0 Å². The highest BCUT2D eigenvalue weighted by Gasteiger charge is 2.10. The molecule has 6 nitrogen and oxygen atoms in total. The third-order valence-electron chi connectivity index (χ3n) is 4.42. The highest BCUT2D eigenvalue weighted by atomic mass is 79.9. The van der Waals surface area contributed by atoms with Gasteiger partial charge in [0.2, 0.25) is 0 Å². The summed E-state index contributed by atoms with van der Waals surface area (Å²) in [5, 5.41) is 5.13. The van der Waals surface area contributed by atoms with Crippen LogP contribution in [0.4, 0.5) is 0 Å². The van der Waals surface area contributed by atoms with Gasteiger partial charge < -0.3 is 9.72 Å². The zero-order valence-electron chi connectivity index (χ0n) is 15.8. The van der Waals surface area contributed by atoms with Crippen LogP contribution in [0.3, 0.4) is 0 Å². The van der Waals surface area contributed by atoms with Crippen molar-refractivity contribution in [1.82, 2.24) is 9.66 Å². The van der Waals surface area contributed by atoms with Crippen molar-refractivity contribution in [2.45, 2.75) is 6.61 Å². The molecular weight excluding hydrogens is 550 g/mol. The number of nitrogens with zero attached hydrogens (tertiary/aromatic N) is 2. The van der Waals surface area contributed by atoms with Crippen molar-refractivity contribution >= 4 is 60.6 Å². The smallest absolute Gasteiger partial charge is 0.349 e. The van der Waals surface area contributed by atoms with Crippen molar-refractivity contribution in [2.75, 3.05) is 0 Å². The molecule has 0 saturated heterocycles. The number of para-hydroxylation sites is 1. The SMILES string of the molecule is O=c1[nH]c2ccccc2c(=O)n1N=Cc1cc(Br)c(OCc2ccc(Cl)cc2)c(Br)c1. The van der Waals surface area contributed by atoms with Gasteiger partial charge >= 0.3 is 5.69 Å². The number of benzene rings is 3. The quantitative estimate of drug-likeness (QED) is 0.334. The number of nitrogens with one attached hydrogen (secondary N) is 1. The molecule has 31 heavy (non-hydrogen) atoms. The molecule has 4 rings (SSSR count). The summed E-state index contributed by atoms with van der Waals surface area (Å²) in [6.07, 6.45) is 1.43. The van der Waals surface area contributed by atoms with Crippen LogP contribution in [0.1, 0.15) is 11.1 Å². The van der Waals surface area contributed by atoms with Crippen LogP contribution in [-0.2, 0) is 6.61 Å². The van der Waals surface area contributed by atoms with Crippen molar-refractivity contribution in [3.8, 4) is 5.75 Å². The number of rotatable bonds is 5. The average Bonchev–Trinajstić information content (AvgIpc) is 2.74. The van der Waals surface area contributed by atoms with E-state index in [0.717, 1.165) is 10.2 Å². The molecule has 3 aromatic carbocycles. The number of hydrogen-bond donors (Lipinski definition) is 1. The van der Waals surface area contributed by atoms with Crippen LogP contribution < -0.4 is 16.0 Å². The van der Waals surface area contributed by atoms with Gasteiger partial charge in [-0.2, -0.15) is 5.10 Å². The molecule has 0 unspecified atom stereocenters. The fraction of sp³-hybridized carbons (Fsp3) is 0.0455. The maximum atomic E-state index is 12.6. The molecule has 9 heteroatoms. The summed E-state index contributed by atoms with van der Waals surface area (Å²) in [4.78, 5) is 27.5. The van der Waals surface area contributed by atoms with E-state index in [-0.39, 0.29) is 0 Å².